The first-order valence-electron chi connectivity index (χ1n) is 7.62. The van der Waals surface area contributed by atoms with Gasteiger partial charge in [0.15, 0.2) is 0 Å². The van der Waals surface area contributed by atoms with Crippen molar-refractivity contribution in [2.45, 2.75) is 65.3 Å². The van der Waals surface area contributed by atoms with E-state index in [1.165, 1.54) is 36.4 Å². The molecule has 1 fully saturated rings. The van der Waals surface area contributed by atoms with Crippen LogP contribution in [-0.2, 0) is 12.0 Å². The van der Waals surface area contributed by atoms with Crippen molar-refractivity contribution in [1.82, 2.24) is 10.3 Å². The molecule has 0 bridgehead atoms. The third-order valence-corrected chi connectivity index (χ3v) is 5.51. The van der Waals surface area contributed by atoms with Gasteiger partial charge in [0.05, 0.1) is 10.7 Å². The number of thiazole rings is 1. The Hall–Kier alpha value is -0.410. The SMILES string of the molecule is CC1CCCCC1CNCc1csc(C(C)(C)C)n1. The summed E-state index contributed by atoms with van der Waals surface area (Å²) in [5.41, 5.74) is 1.39. The van der Waals surface area contributed by atoms with Crippen molar-refractivity contribution in [2.24, 2.45) is 11.8 Å². The van der Waals surface area contributed by atoms with Crippen molar-refractivity contribution in [3.05, 3.63) is 16.1 Å². The monoisotopic (exact) mass is 280 g/mol. The molecule has 2 nitrogen and oxygen atoms in total. The normalized spacial score (nSPS) is 24.6. The predicted molar refractivity (Wildman–Crippen MR) is 83.6 cm³/mol. The van der Waals surface area contributed by atoms with E-state index in [4.69, 9.17) is 4.98 Å². The van der Waals surface area contributed by atoms with Gasteiger partial charge in [0.1, 0.15) is 0 Å². The molecule has 2 atom stereocenters. The maximum atomic E-state index is 4.74. The second-order valence-corrected chi connectivity index (χ2v) is 7.90. The van der Waals surface area contributed by atoms with E-state index in [1.54, 1.807) is 11.3 Å². The summed E-state index contributed by atoms with van der Waals surface area (Å²) >= 11 is 1.79. The van der Waals surface area contributed by atoms with Gasteiger partial charge in [-0.25, -0.2) is 4.98 Å². The Morgan fingerprint density at radius 1 is 1.32 bits per heavy atom. The van der Waals surface area contributed by atoms with Crippen molar-refractivity contribution in [3.63, 3.8) is 0 Å². The Labute approximate surface area is 122 Å². The van der Waals surface area contributed by atoms with Crippen LogP contribution in [0.3, 0.4) is 0 Å². The van der Waals surface area contributed by atoms with Crippen LogP contribution in [0.5, 0.6) is 0 Å². The molecule has 1 aliphatic carbocycles. The average Bonchev–Trinajstić information content (AvgIpc) is 2.80. The van der Waals surface area contributed by atoms with Crippen molar-refractivity contribution < 1.29 is 0 Å². The Bertz CT molecular complexity index is 392. The molecule has 0 spiro atoms. The van der Waals surface area contributed by atoms with E-state index in [0.29, 0.717) is 0 Å². The molecule has 1 N–H and O–H groups in total. The lowest BCUT2D eigenvalue weighted by Crippen LogP contribution is -2.29. The van der Waals surface area contributed by atoms with E-state index in [0.717, 1.165) is 24.9 Å². The van der Waals surface area contributed by atoms with Crippen LogP contribution in [0.4, 0.5) is 0 Å². The van der Waals surface area contributed by atoms with E-state index in [-0.39, 0.29) is 5.41 Å². The molecular formula is C16H28N2S. The zero-order valence-corrected chi connectivity index (χ0v) is 13.6. The minimum Gasteiger partial charge on any atom is -0.311 e. The minimum atomic E-state index is 0.181. The van der Waals surface area contributed by atoms with Gasteiger partial charge < -0.3 is 5.32 Å². The highest BCUT2D eigenvalue weighted by Crippen LogP contribution is 2.29. The largest absolute Gasteiger partial charge is 0.311 e. The van der Waals surface area contributed by atoms with Crippen LogP contribution in [0, 0.1) is 11.8 Å². The van der Waals surface area contributed by atoms with Gasteiger partial charge in [0.25, 0.3) is 0 Å². The van der Waals surface area contributed by atoms with E-state index in [2.05, 4.69) is 38.4 Å². The predicted octanol–water partition coefficient (Wildman–Crippen LogP) is 4.36. The van der Waals surface area contributed by atoms with Gasteiger partial charge in [-0.05, 0) is 24.8 Å². The summed E-state index contributed by atoms with van der Waals surface area (Å²) in [5, 5.41) is 7.06. The third-order valence-electron chi connectivity index (χ3n) is 4.20. The van der Waals surface area contributed by atoms with Gasteiger partial charge in [-0.3, -0.25) is 0 Å². The summed E-state index contributed by atoms with van der Waals surface area (Å²) in [7, 11) is 0. The summed E-state index contributed by atoms with van der Waals surface area (Å²) in [6.07, 6.45) is 5.66. The standard InChI is InChI=1S/C16H28N2S/c1-12-7-5-6-8-13(12)9-17-10-14-11-19-15(18-14)16(2,3)4/h11-13,17H,5-10H2,1-4H3. The Morgan fingerprint density at radius 3 is 2.68 bits per heavy atom. The van der Waals surface area contributed by atoms with E-state index < -0.39 is 0 Å². The van der Waals surface area contributed by atoms with Crippen LogP contribution in [0.2, 0.25) is 0 Å². The molecule has 3 heteroatoms. The first kappa shape index (κ1) is 15.0. The number of hydrogen-bond donors (Lipinski definition) is 1. The fourth-order valence-corrected chi connectivity index (χ4v) is 3.72. The van der Waals surface area contributed by atoms with E-state index >= 15 is 0 Å². The molecule has 1 saturated carbocycles. The molecule has 1 aromatic rings. The molecule has 0 saturated heterocycles. The van der Waals surface area contributed by atoms with Gasteiger partial charge in [-0.1, -0.05) is 47.0 Å². The average molecular weight is 280 g/mol. The molecule has 1 aliphatic rings. The quantitative estimate of drug-likeness (QED) is 0.886. The summed E-state index contributed by atoms with van der Waals surface area (Å²) in [6, 6.07) is 0. The lowest BCUT2D eigenvalue weighted by atomic mass is 9.80. The van der Waals surface area contributed by atoms with Gasteiger partial charge in [-0.2, -0.15) is 0 Å². The summed E-state index contributed by atoms with van der Waals surface area (Å²) in [5.74, 6) is 1.76. The maximum absolute atomic E-state index is 4.74. The van der Waals surface area contributed by atoms with Crippen molar-refractivity contribution in [1.29, 1.82) is 0 Å². The molecular weight excluding hydrogens is 252 g/mol. The van der Waals surface area contributed by atoms with Crippen LogP contribution < -0.4 is 5.32 Å². The third kappa shape index (κ3) is 4.28. The summed E-state index contributed by atoms with van der Waals surface area (Å²) in [4.78, 5) is 4.74. The van der Waals surface area contributed by atoms with Crippen molar-refractivity contribution in [3.8, 4) is 0 Å². The van der Waals surface area contributed by atoms with E-state index in [9.17, 15) is 0 Å². The zero-order valence-electron chi connectivity index (χ0n) is 12.8. The molecule has 0 amide bonds. The first-order valence-corrected chi connectivity index (χ1v) is 8.50. The molecule has 0 aliphatic heterocycles. The zero-order chi connectivity index (χ0) is 13.9. The Kier molecular flexibility index (Phi) is 5.02. The summed E-state index contributed by atoms with van der Waals surface area (Å²) in [6.45, 7) is 11.2. The summed E-state index contributed by atoms with van der Waals surface area (Å²) < 4.78 is 0. The van der Waals surface area contributed by atoms with Crippen molar-refractivity contribution in [2.75, 3.05) is 6.54 Å². The first-order chi connectivity index (χ1) is 8.97. The molecule has 2 rings (SSSR count). The molecule has 1 heterocycles. The fourth-order valence-electron chi connectivity index (χ4n) is 2.81. The number of nitrogens with zero attached hydrogens (tertiary/aromatic N) is 1. The number of rotatable bonds is 4. The number of aromatic nitrogens is 1. The van der Waals surface area contributed by atoms with Crippen LogP contribution in [0.25, 0.3) is 0 Å². The van der Waals surface area contributed by atoms with E-state index in [1.807, 2.05) is 0 Å². The number of hydrogen-bond acceptors (Lipinski definition) is 3. The smallest absolute Gasteiger partial charge is 0.0982 e. The molecule has 19 heavy (non-hydrogen) atoms. The van der Waals surface area contributed by atoms with Crippen LogP contribution in [-0.4, -0.2) is 11.5 Å². The number of nitrogens with one attached hydrogen (secondary N) is 1. The Balaban J connectivity index is 1.78. The van der Waals surface area contributed by atoms with Crippen LogP contribution in [0.15, 0.2) is 5.38 Å². The van der Waals surface area contributed by atoms with Crippen molar-refractivity contribution >= 4 is 11.3 Å². The van der Waals surface area contributed by atoms with Crippen LogP contribution in [0.1, 0.15) is 64.1 Å². The van der Waals surface area contributed by atoms with Gasteiger partial charge in [0, 0.05) is 17.3 Å². The minimum absolute atomic E-state index is 0.181. The van der Waals surface area contributed by atoms with Gasteiger partial charge in [0.2, 0.25) is 0 Å². The molecule has 0 radical (unpaired) electrons. The lowest BCUT2D eigenvalue weighted by Gasteiger charge is -2.28. The maximum Gasteiger partial charge on any atom is 0.0982 e. The Morgan fingerprint density at radius 2 is 2.05 bits per heavy atom. The van der Waals surface area contributed by atoms with Crippen LogP contribution >= 0.6 is 11.3 Å². The topological polar surface area (TPSA) is 24.9 Å². The van der Waals surface area contributed by atoms with Gasteiger partial charge >= 0.3 is 0 Å². The molecule has 0 aromatic carbocycles. The lowest BCUT2D eigenvalue weighted by molar-refractivity contribution is 0.247. The molecule has 108 valence electrons. The fraction of sp³-hybridized carbons (Fsp3) is 0.812. The highest BCUT2D eigenvalue weighted by molar-refractivity contribution is 7.09. The second kappa shape index (κ2) is 6.36. The second-order valence-electron chi connectivity index (χ2n) is 7.05. The highest BCUT2D eigenvalue weighted by Gasteiger charge is 2.21. The molecule has 1 aromatic heterocycles. The van der Waals surface area contributed by atoms with Gasteiger partial charge in [-0.15, -0.1) is 11.3 Å². The molecule has 2 unspecified atom stereocenters. The highest BCUT2D eigenvalue weighted by atomic mass is 32.1.